The predicted molar refractivity (Wildman–Crippen MR) is 90.1 cm³/mol. The molecule has 2 rings (SSSR count). The molecule has 2 aromatic carbocycles. The number of hydrogen-bond acceptors (Lipinski definition) is 2. The number of nitrogens with zero attached hydrogens (tertiary/aromatic N) is 1. The maximum atomic E-state index is 12.1. The van der Waals surface area contributed by atoms with Gasteiger partial charge in [0.25, 0.3) is 5.91 Å². The molecular formula is C17H18ClN3O2. The minimum absolute atomic E-state index is 0.122. The van der Waals surface area contributed by atoms with E-state index in [1.165, 1.54) is 4.90 Å². The van der Waals surface area contributed by atoms with Crippen LogP contribution in [0.4, 0.5) is 4.79 Å². The Morgan fingerprint density at radius 2 is 1.61 bits per heavy atom. The molecule has 0 heterocycles. The van der Waals surface area contributed by atoms with Crippen LogP contribution in [0.1, 0.15) is 28.9 Å². The third-order valence-corrected chi connectivity index (χ3v) is 3.82. The van der Waals surface area contributed by atoms with E-state index in [-0.39, 0.29) is 6.04 Å². The average Bonchev–Trinajstić information content (AvgIpc) is 2.59. The van der Waals surface area contributed by atoms with Crippen molar-refractivity contribution < 1.29 is 9.59 Å². The van der Waals surface area contributed by atoms with Gasteiger partial charge in [-0.15, -0.1) is 0 Å². The average molecular weight is 332 g/mol. The van der Waals surface area contributed by atoms with Crippen LogP contribution in [0, 0.1) is 0 Å². The number of nitrogens with one attached hydrogen (secondary N) is 2. The van der Waals surface area contributed by atoms with Gasteiger partial charge in [0.1, 0.15) is 0 Å². The molecule has 6 heteroatoms. The molecule has 0 saturated carbocycles. The summed E-state index contributed by atoms with van der Waals surface area (Å²) < 4.78 is 0. The maximum Gasteiger partial charge on any atom is 0.336 e. The molecule has 0 unspecified atom stereocenters. The normalized spacial score (nSPS) is 11.4. The molecule has 0 saturated heterocycles. The van der Waals surface area contributed by atoms with Crippen molar-refractivity contribution in [1.29, 1.82) is 0 Å². The Hall–Kier alpha value is -2.53. The fourth-order valence-corrected chi connectivity index (χ4v) is 2.13. The zero-order valence-corrected chi connectivity index (χ0v) is 13.7. The summed E-state index contributed by atoms with van der Waals surface area (Å²) in [5.74, 6) is -0.407. The van der Waals surface area contributed by atoms with Gasteiger partial charge in [0.15, 0.2) is 0 Å². The molecule has 0 fully saturated rings. The van der Waals surface area contributed by atoms with Gasteiger partial charge >= 0.3 is 6.03 Å². The van der Waals surface area contributed by atoms with E-state index in [1.54, 1.807) is 31.3 Å². The zero-order chi connectivity index (χ0) is 16.8. The third kappa shape index (κ3) is 4.47. The Kier molecular flexibility index (Phi) is 5.60. The van der Waals surface area contributed by atoms with E-state index in [4.69, 9.17) is 11.6 Å². The van der Waals surface area contributed by atoms with E-state index < -0.39 is 11.9 Å². The summed E-state index contributed by atoms with van der Waals surface area (Å²) in [7, 11) is 1.67. The lowest BCUT2D eigenvalue weighted by Crippen LogP contribution is -2.48. The topological polar surface area (TPSA) is 61.4 Å². The monoisotopic (exact) mass is 331 g/mol. The van der Waals surface area contributed by atoms with Gasteiger partial charge in [-0.25, -0.2) is 10.2 Å². The molecular weight excluding hydrogens is 314 g/mol. The summed E-state index contributed by atoms with van der Waals surface area (Å²) in [4.78, 5) is 25.6. The van der Waals surface area contributed by atoms with Gasteiger partial charge in [-0.1, -0.05) is 41.9 Å². The molecule has 0 aliphatic heterocycles. The van der Waals surface area contributed by atoms with Crippen molar-refractivity contribution in [1.82, 2.24) is 15.8 Å². The molecule has 2 N–H and O–H groups in total. The molecule has 5 nitrogen and oxygen atoms in total. The van der Waals surface area contributed by atoms with Crippen molar-refractivity contribution in [2.75, 3.05) is 7.05 Å². The Labute approximate surface area is 140 Å². The van der Waals surface area contributed by atoms with Crippen LogP contribution in [-0.4, -0.2) is 23.9 Å². The number of rotatable bonds is 3. The molecule has 0 spiro atoms. The lowest BCUT2D eigenvalue weighted by molar-refractivity contribution is 0.0929. The Bertz CT molecular complexity index is 674. The quantitative estimate of drug-likeness (QED) is 0.847. The second-order valence-electron chi connectivity index (χ2n) is 5.09. The number of halogens is 1. The summed E-state index contributed by atoms with van der Waals surface area (Å²) >= 11 is 5.77. The van der Waals surface area contributed by atoms with E-state index in [0.717, 1.165) is 5.56 Å². The Morgan fingerprint density at radius 1 is 1.00 bits per heavy atom. The van der Waals surface area contributed by atoms with Crippen LogP contribution < -0.4 is 10.9 Å². The van der Waals surface area contributed by atoms with Crippen LogP contribution in [0.5, 0.6) is 0 Å². The highest BCUT2D eigenvalue weighted by Crippen LogP contribution is 2.17. The smallest absolute Gasteiger partial charge is 0.320 e. The molecule has 3 amide bonds. The SMILES string of the molecule is C[C@H](c1ccccc1)N(C)C(=O)NNC(=O)c1ccc(Cl)cc1. The Morgan fingerprint density at radius 3 is 2.22 bits per heavy atom. The first-order chi connectivity index (χ1) is 11.0. The van der Waals surface area contributed by atoms with Gasteiger partial charge in [0.2, 0.25) is 0 Å². The zero-order valence-electron chi connectivity index (χ0n) is 12.9. The third-order valence-electron chi connectivity index (χ3n) is 3.57. The highest BCUT2D eigenvalue weighted by molar-refractivity contribution is 6.30. The van der Waals surface area contributed by atoms with E-state index in [2.05, 4.69) is 10.9 Å². The lowest BCUT2D eigenvalue weighted by Gasteiger charge is -2.25. The van der Waals surface area contributed by atoms with Crippen molar-refractivity contribution >= 4 is 23.5 Å². The number of hydrogen-bond donors (Lipinski definition) is 2. The number of hydrazine groups is 1. The molecule has 120 valence electrons. The van der Waals surface area contributed by atoms with Crippen LogP contribution >= 0.6 is 11.6 Å². The first-order valence-electron chi connectivity index (χ1n) is 7.12. The van der Waals surface area contributed by atoms with Crippen LogP contribution in [0.15, 0.2) is 54.6 Å². The predicted octanol–water partition coefficient (Wildman–Crippen LogP) is 3.39. The van der Waals surface area contributed by atoms with Gasteiger partial charge in [-0.05, 0) is 36.8 Å². The van der Waals surface area contributed by atoms with Crippen LogP contribution in [0.2, 0.25) is 5.02 Å². The fourth-order valence-electron chi connectivity index (χ4n) is 2.00. The minimum Gasteiger partial charge on any atom is -0.320 e. The summed E-state index contributed by atoms with van der Waals surface area (Å²) in [6, 6.07) is 15.5. The van der Waals surface area contributed by atoms with Crippen molar-refractivity contribution in [3.8, 4) is 0 Å². The molecule has 0 aliphatic carbocycles. The first kappa shape index (κ1) is 16.8. The van der Waals surface area contributed by atoms with Crippen molar-refractivity contribution in [2.45, 2.75) is 13.0 Å². The molecule has 0 radical (unpaired) electrons. The second-order valence-corrected chi connectivity index (χ2v) is 5.53. The van der Waals surface area contributed by atoms with Crippen molar-refractivity contribution in [2.24, 2.45) is 0 Å². The number of carbonyl (C=O) groups is 2. The van der Waals surface area contributed by atoms with Gasteiger partial charge in [-0.2, -0.15) is 0 Å². The van der Waals surface area contributed by atoms with Gasteiger partial charge in [0, 0.05) is 17.6 Å². The van der Waals surface area contributed by atoms with Gasteiger partial charge in [0.05, 0.1) is 6.04 Å². The largest absolute Gasteiger partial charge is 0.336 e. The van der Waals surface area contributed by atoms with E-state index in [0.29, 0.717) is 10.6 Å². The molecule has 23 heavy (non-hydrogen) atoms. The van der Waals surface area contributed by atoms with E-state index in [9.17, 15) is 9.59 Å². The van der Waals surface area contributed by atoms with Crippen LogP contribution in [-0.2, 0) is 0 Å². The van der Waals surface area contributed by atoms with Crippen LogP contribution in [0.3, 0.4) is 0 Å². The molecule has 0 aromatic heterocycles. The number of amides is 3. The summed E-state index contributed by atoms with van der Waals surface area (Å²) in [5, 5.41) is 0.544. The number of carbonyl (C=O) groups excluding carboxylic acids is 2. The van der Waals surface area contributed by atoms with Crippen molar-refractivity contribution in [3.63, 3.8) is 0 Å². The second kappa shape index (κ2) is 7.65. The Balaban J connectivity index is 1.91. The molecule has 0 bridgehead atoms. The maximum absolute atomic E-state index is 12.1. The van der Waals surface area contributed by atoms with E-state index in [1.807, 2.05) is 37.3 Å². The number of benzene rings is 2. The summed E-state index contributed by atoms with van der Waals surface area (Å²) in [5.41, 5.74) is 6.20. The van der Waals surface area contributed by atoms with Gasteiger partial charge < -0.3 is 4.90 Å². The first-order valence-corrected chi connectivity index (χ1v) is 7.50. The van der Waals surface area contributed by atoms with Gasteiger partial charge in [-0.3, -0.25) is 10.2 Å². The van der Waals surface area contributed by atoms with Crippen molar-refractivity contribution in [3.05, 3.63) is 70.7 Å². The highest BCUT2D eigenvalue weighted by Gasteiger charge is 2.17. The summed E-state index contributed by atoms with van der Waals surface area (Å²) in [6.45, 7) is 1.91. The van der Waals surface area contributed by atoms with Crippen LogP contribution in [0.25, 0.3) is 0 Å². The van der Waals surface area contributed by atoms with E-state index >= 15 is 0 Å². The summed E-state index contributed by atoms with van der Waals surface area (Å²) in [6.07, 6.45) is 0. The highest BCUT2D eigenvalue weighted by atomic mass is 35.5. The molecule has 1 atom stereocenters. The standard InChI is InChI=1S/C17H18ClN3O2/c1-12(13-6-4-3-5-7-13)21(2)17(23)20-19-16(22)14-8-10-15(18)11-9-14/h3-12H,1-2H3,(H,19,22)(H,20,23)/t12-/m1/s1. The minimum atomic E-state index is -0.407. The molecule has 2 aromatic rings. The lowest BCUT2D eigenvalue weighted by atomic mass is 10.1. The fraction of sp³-hybridized carbons (Fsp3) is 0.176. The number of urea groups is 1. The molecule has 0 aliphatic rings.